The lowest BCUT2D eigenvalue weighted by Crippen LogP contribution is -2.21. The number of hydrogen-bond donors (Lipinski definition) is 1. The predicted molar refractivity (Wildman–Crippen MR) is 92.2 cm³/mol. The first-order valence-electron chi connectivity index (χ1n) is 7.49. The number of benzene rings is 1. The summed E-state index contributed by atoms with van der Waals surface area (Å²) < 4.78 is 0.869. The maximum absolute atomic E-state index is 11.9. The topological polar surface area (TPSA) is 54.9 Å². The quantitative estimate of drug-likeness (QED) is 0.892. The number of thioether (sulfide) groups is 1. The number of ketones is 1. The van der Waals surface area contributed by atoms with Gasteiger partial charge in [0.1, 0.15) is 5.78 Å². The van der Waals surface area contributed by atoms with Crippen LogP contribution in [0.25, 0.3) is 0 Å². The van der Waals surface area contributed by atoms with Crippen LogP contribution in [0.4, 0.5) is 10.8 Å². The minimum atomic E-state index is 0.0646. The Kier molecular flexibility index (Phi) is 4.78. The number of Topliss-reactive ketones (excluding diaryl/α,β-unsaturated/α-hetero) is 1. The smallest absolute Gasteiger partial charge is 0.210 e. The zero-order chi connectivity index (χ0) is 15.5. The van der Waals surface area contributed by atoms with Crippen LogP contribution in [0.2, 0.25) is 0 Å². The molecule has 1 aliphatic rings. The number of aryl methyl sites for hydroxylation is 2. The lowest BCUT2D eigenvalue weighted by molar-refractivity contribution is -0.119. The van der Waals surface area contributed by atoms with Gasteiger partial charge in [-0.05, 0) is 37.8 Å². The van der Waals surface area contributed by atoms with Crippen molar-refractivity contribution in [3.05, 3.63) is 29.3 Å². The van der Waals surface area contributed by atoms with E-state index in [-0.39, 0.29) is 5.25 Å². The van der Waals surface area contributed by atoms with Crippen LogP contribution in [-0.4, -0.2) is 21.2 Å². The summed E-state index contributed by atoms with van der Waals surface area (Å²) >= 11 is 3.09. The number of aromatic nitrogens is 2. The van der Waals surface area contributed by atoms with Gasteiger partial charge in [-0.25, -0.2) is 0 Å². The average Bonchev–Trinajstić information content (AvgIpc) is 2.93. The molecule has 4 nitrogen and oxygen atoms in total. The Bertz CT molecular complexity index is 664. The standard InChI is InChI=1S/C16H19N3OS2/c1-10-6-5-7-11(2)14(10)17-15-18-19-16(22-15)21-13-9-4-3-8-12(13)20/h5-7,13H,3-4,8-9H2,1-2H3,(H,17,18). The molecule has 2 aromatic rings. The zero-order valence-electron chi connectivity index (χ0n) is 12.8. The molecule has 1 atom stereocenters. The summed E-state index contributed by atoms with van der Waals surface area (Å²) in [6.07, 6.45) is 3.84. The van der Waals surface area contributed by atoms with Crippen molar-refractivity contribution in [1.82, 2.24) is 10.2 Å². The van der Waals surface area contributed by atoms with E-state index in [1.807, 2.05) is 6.07 Å². The van der Waals surface area contributed by atoms with E-state index in [1.165, 1.54) is 22.5 Å². The average molecular weight is 333 g/mol. The molecule has 0 saturated heterocycles. The Hall–Kier alpha value is -1.40. The van der Waals surface area contributed by atoms with E-state index in [0.29, 0.717) is 12.2 Å². The van der Waals surface area contributed by atoms with Gasteiger partial charge in [-0.2, -0.15) is 0 Å². The lowest BCUT2D eigenvalue weighted by atomic mass is 9.99. The number of nitrogens with one attached hydrogen (secondary N) is 1. The molecule has 1 aromatic heterocycles. The molecule has 0 radical (unpaired) electrons. The second kappa shape index (κ2) is 6.79. The molecule has 1 heterocycles. The van der Waals surface area contributed by atoms with Crippen LogP contribution in [0.3, 0.4) is 0 Å². The van der Waals surface area contributed by atoms with Crippen LogP contribution in [0.15, 0.2) is 22.5 Å². The Balaban J connectivity index is 1.70. The van der Waals surface area contributed by atoms with Crippen LogP contribution in [0.5, 0.6) is 0 Å². The zero-order valence-corrected chi connectivity index (χ0v) is 14.4. The molecule has 1 N–H and O–H groups in total. The Morgan fingerprint density at radius 3 is 2.73 bits per heavy atom. The molecule has 116 valence electrons. The molecule has 0 amide bonds. The highest BCUT2D eigenvalue weighted by Crippen LogP contribution is 2.35. The molecule has 1 fully saturated rings. The van der Waals surface area contributed by atoms with Gasteiger partial charge >= 0.3 is 0 Å². The molecule has 6 heteroatoms. The minimum Gasteiger partial charge on any atom is -0.330 e. The normalized spacial score (nSPS) is 18.5. The summed E-state index contributed by atoms with van der Waals surface area (Å²) in [7, 11) is 0. The van der Waals surface area contributed by atoms with Crippen molar-refractivity contribution < 1.29 is 4.79 Å². The van der Waals surface area contributed by atoms with Crippen molar-refractivity contribution in [1.29, 1.82) is 0 Å². The van der Waals surface area contributed by atoms with Crippen LogP contribution in [0, 0.1) is 13.8 Å². The second-order valence-corrected chi connectivity index (χ2v) is 8.01. The molecule has 0 spiro atoms. The van der Waals surface area contributed by atoms with Gasteiger partial charge in [0, 0.05) is 12.1 Å². The summed E-state index contributed by atoms with van der Waals surface area (Å²) in [6.45, 7) is 4.15. The summed E-state index contributed by atoms with van der Waals surface area (Å²) in [5.74, 6) is 0.357. The maximum atomic E-state index is 11.9. The van der Waals surface area contributed by atoms with E-state index in [4.69, 9.17) is 0 Å². The number of carbonyl (C=O) groups is 1. The Morgan fingerprint density at radius 2 is 2.00 bits per heavy atom. The van der Waals surface area contributed by atoms with E-state index in [1.54, 1.807) is 11.8 Å². The first kappa shape index (κ1) is 15.5. The van der Waals surface area contributed by atoms with E-state index in [9.17, 15) is 4.79 Å². The highest BCUT2D eigenvalue weighted by Gasteiger charge is 2.24. The fourth-order valence-electron chi connectivity index (χ4n) is 2.62. The number of anilines is 2. The van der Waals surface area contributed by atoms with Crippen molar-refractivity contribution in [2.24, 2.45) is 0 Å². The van der Waals surface area contributed by atoms with Gasteiger partial charge in [0.25, 0.3) is 0 Å². The van der Waals surface area contributed by atoms with Crippen molar-refractivity contribution in [2.75, 3.05) is 5.32 Å². The molecule has 1 aromatic carbocycles. The number of rotatable bonds is 4. The van der Waals surface area contributed by atoms with Crippen LogP contribution in [0.1, 0.15) is 36.8 Å². The first-order valence-corrected chi connectivity index (χ1v) is 9.19. The van der Waals surface area contributed by atoms with Gasteiger partial charge in [0.15, 0.2) is 4.34 Å². The third kappa shape index (κ3) is 3.50. The largest absolute Gasteiger partial charge is 0.330 e. The van der Waals surface area contributed by atoms with Crippen LogP contribution in [-0.2, 0) is 4.79 Å². The van der Waals surface area contributed by atoms with E-state index >= 15 is 0 Å². The van der Waals surface area contributed by atoms with Gasteiger partial charge < -0.3 is 5.32 Å². The number of hydrogen-bond acceptors (Lipinski definition) is 6. The summed E-state index contributed by atoms with van der Waals surface area (Å²) in [6, 6.07) is 6.20. The molecule has 3 rings (SSSR count). The fraction of sp³-hybridized carbons (Fsp3) is 0.438. The third-order valence-electron chi connectivity index (χ3n) is 3.86. The van der Waals surface area contributed by atoms with Crippen LogP contribution < -0.4 is 5.32 Å². The summed E-state index contributed by atoms with van der Waals surface area (Å²) in [4.78, 5) is 11.9. The van der Waals surface area contributed by atoms with E-state index < -0.39 is 0 Å². The van der Waals surface area contributed by atoms with Gasteiger partial charge in [0.2, 0.25) is 5.13 Å². The molecule has 1 unspecified atom stereocenters. The summed E-state index contributed by atoms with van der Waals surface area (Å²) in [5, 5.41) is 12.6. The Morgan fingerprint density at radius 1 is 1.23 bits per heavy atom. The molecular formula is C16H19N3OS2. The first-order chi connectivity index (χ1) is 10.6. The van der Waals surface area contributed by atoms with Gasteiger partial charge in [0.05, 0.1) is 5.25 Å². The third-order valence-corrected chi connectivity index (χ3v) is 6.10. The van der Waals surface area contributed by atoms with Crippen molar-refractivity contribution in [3.63, 3.8) is 0 Å². The van der Waals surface area contributed by atoms with Crippen molar-refractivity contribution >= 4 is 39.7 Å². The fourth-order valence-corrected chi connectivity index (χ4v) is 4.75. The Labute approximate surface area is 138 Å². The van der Waals surface area contributed by atoms with Crippen molar-refractivity contribution in [3.8, 4) is 0 Å². The van der Waals surface area contributed by atoms with Crippen LogP contribution >= 0.6 is 23.1 Å². The molecule has 1 saturated carbocycles. The number of nitrogens with zero attached hydrogens (tertiary/aromatic N) is 2. The number of para-hydroxylation sites is 1. The molecule has 1 aliphatic carbocycles. The highest BCUT2D eigenvalue weighted by atomic mass is 32.2. The molecule has 22 heavy (non-hydrogen) atoms. The van der Waals surface area contributed by atoms with Gasteiger partial charge in [-0.1, -0.05) is 47.7 Å². The van der Waals surface area contributed by atoms with E-state index in [0.717, 1.165) is 34.4 Å². The number of carbonyl (C=O) groups excluding carboxylic acids is 1. The second-order valence-electron chi connectivity index (χ2n) is 5.58. The molecular weight excluding hydrogens is 314 g/mol. The molecule has 0 aliphatic heterocycles. The van der Waals surface area contributed by atoms with Crippen molar-refractivity contribution in [2.45, 2.75) is 49.1 Å². The van der Waals surface area contributed by atoms with Gasteiger partial charge in [-0.3, -0.25) is 4.79 Å². The minimum absolute atomic E-state index is 0.0646. The predicted octanol–water partition coefficient (Wildman–Crippen LogP) is 4.50. The highest BCUT2D eigenvalue weighted by molar-refractivity contribution is 8.02. The molecule has 0 bridgehead atoms. The van der Waals surface area contributed by atoms with Gasteiger partial charge in [-0.15, -0.1) is 10.2 Å². The van der Waals surface area contributed by atoms with E-state index in [2.05, 4.69) is 41.5 Å². The SMILES string of the molecule is Cc1cccc(C)c1Nc1nnc(SC2CCCCC2=O)s1. The lowest BCUT2D eigenvalue weighted by Gasteiger charge is -2.18. The summed E-state index contributed by atoms with van der Waals surface area (Å²) in [5.41, 5.74) is 3.46. The maximum Gasteiger partial charge on any atom is 0.210 e. The monoisotopic (exact) mass is 333 g/mol.